The number of carbonyl (C=O) groups is 1. The van der Waals surface area contributed by atoms with Crippen LogP contribution in [0.3, 0.4) is 0 Å². The predicted molar refractivity (Wildman–Crippen MR) is 133 cm³/mol. The molecule has 6 nitrogen and oxygen atoms in total. The molecule has 5 rings (SSSR count). The van der Waals surface area contributed by atoms with E-state index in [9.17, 15) is 14.3 Å². The lowest BCUT2D eigenvalue weighted by Crippen LogP contribution is -2.26. The lowest BCUT2D eigenvalue weighted by atomic mass is 10.1. The normalized spacial score (nSPS) is 16.7. The molecule has 0 unspecified atom stereocenters. The summed E-state index contributed by atoms with van der Waals surface area (Å²) in [4.78, 5) is 19.3. The third kappa shape index (κ3) is 4.77. The third-order valence-corrected chi connectivity index (χ3v) is 6.45. The Hall–Kier alpha value is -3.71. The Morgan fingerprint density at radius 1 is 1.11 bits per heavy atom. The number of aliphatic hydroxyl groups excluding tert-OH is 1. The maximum Gasteiger partial charge on any atom is 0.227 e. The van der Waals surface area contributed by atoms with Crippen LogP contribution in [0, 0.1) is 19.7 Å². The van der Waals surface area contributed by atoms with E-state index in [1.807, 2.05) is 60.9 Å². The molecule has 1 saturated heterocycles. The van der Waals surface area contributed by atoms with Gasteiger partial charge in [0.2, 0.25) is 5.91 Å². The number of aliphatic hydroxyl groups is 1. The first-order valence-electron chi connectivity index (χ1n) is 11.8. The van der Waals surface area contributed by atoms with Crippen LogP contribution < -0.4 is 9.64 Å². The van der Waals surface area contributed by atoms with E-state index in [2.05, 4.69) is 0 Å². The van der Waals surface area contributed by atoms with E-state index in [4.69, 9.17) is 9.72 Å². The van der Waals surface area contributed by atoms with Gasteiger partial charge in [-0.05, 0) is 55.8 Å². The Labute approximate surface area is 203 Å². The van der Waals surface area contributed by atoms with Crippen molar-refractivity contribution >= 4 is 22.6 Å². The average molecular weight is 474 g/mol. The number of rotatable bonds is 7. The summed E-state index contributed by atoms with van der Waals surface area (Å²) in [5.74, 6) is 0.864. The Bertz CT molecular complexity index is 1380. The molecule has 4 aromatic rings. The number of fused-ring (bicyclic) bond motifs is 1. The molecule has 180 valence electrons. The van der Waals surface area contributed by atoms with Crippen LogP contribution in [0.25, 0.3) is 11.0 Å². The zero-order valence-electron chi connectivity index (χ0n) is 19.8. The van der Waals surface area contributed by atoms with E-state index in [0.717, 1.165) is 33.7 Å². The topological polar surface area (TPSA) is 67.6 Å². The van der Waals surface area contributed by atoms with Gasteiger partial charge in [0.25, 0.3) is 0 Å². The zero-order chi connectivity index (χ0) is 24.5. The smallest absolute Gasteiger partial charge is 0.227 e. The molecule has 0 saturated carbocycles. The quantitative estimate of drug-likeness (QED) is 0.421. The van der Waals surface area contributed by atoms with Gasteiger partial charge in [0.1, 0.15) is 30.1 Å². The Balaban J connectivity index is 1.38. The van der Waals surface area contributed by atoms with Gasteiger partial charge in [-0.15, -0.1) is 0 Å². The Kier molecular flexibility index (Phi) is 6.26. The maximum atomic E-state index is 13.8. The number of aromatic nitrogens is 2. The summed E-state index contributed by atoms with van der Waals surface area (Å²) >= 11 is 0. The molecular weight excluding hydrogens is 445 g/mol. The molecule has 0 aliphatic carbocycles. The molecule has 1 fully saturated rings. The van der Waals surface area contributed by atoms with Gasteiger partial charge in [0.05, 0.1) is 17.6 Å². The minimum atomic E-state index is -0.775. The molecule has 1 aliphatic heterocycles. The number of halogens is 1. The minimum Gasteiger partial charge on any atom is -0.491 e. The lowest BCUT2D eigenvalue weighted by molar-refractivity contribution is -0.117. The minimum absolute atomic E-state index is 0.0714. The fourth-order valence-electron chi connectivity index (χ4n) is 4.78. The van der Waals surface area contributed by atoms with E-state index >= 15 is 0 Å². The number of hydrogen-bond donors (Lipinski definition) is 1. The first-order chi connectivity index (χ1) is 16.9. The van der Waals surface area contributed by atoms with Gasteiger partial charge in [-0.3, -0.25) is 4.79 Å². The molecule has 2 atom stereocenters. The van der Waals surface area contributed by atoms with Crippen LogP contribution in [0.15, 0.2) is 66.7 Å². The summed E-state index contributed by atoms with van der Waals surface area (Å²) < 4.78 is 21.6. The molecule has 1 aromatic heterocycles. The summed E-state index contributed by atoms with van der Waals surface area (Å²) in [5.41, 5.74) is 4.42. The molecular formula is C28H28FN3O3. The molecule has 0 spiro atoms. The second-order valence-electron chi connectivity index (χ2n) is 9.19. The summed E-state index contributed by atoms with van der Waals surface area (Å²) in [6, 6.07) is 19.8. The van der Waals surface area contributed by atoms with Crippen LogP contribution in [-0.2, 0) is 11.3 Å². The fourth-order valence-corrected chi connectivity index (χ4v) is 4.78. The molecule has 3 aromatic carbocycles. The average Bonchev–Trinajstić information content (AvgIpc) is 3.39. The molecule has 35 heavy (non-hydrogen) atoms. The van der Waals surface area contributed by atoms with Crippen molar-refractivity contribution < 1.29 is 19.0 Å². The van der Waals surface area contributed by atoms with Gasteiger partial charge in [-0.1, -0.05) is 35.9 Å². The number of amides is 1. The van der Waals surface area contributed by atoms with Crippen molar-refractivity contribution in [2.75, 3.05) is 18.1 Å². The third-order valence-electron chi connectivity index (χ3n) is 6.45. The largest absolute Gasteiger partial charge is 0.491 e. The van der Waals surface area contributed by atoms with Crippen molar-refractivity contribution in [2.24, 2.45) is 0 Å². The number of nitrogens with zero attached hydrogens (tertiary/aromatic N) is 3. The van der Waals surface area contributed by atoms with Crippen molar-refractivity contribution in [3.05, 3.63) is 89.5 Å². The molecule has 1 N–H and O–H groups in total. The van der Waals surface area contributed by atoms with Crippen LogP contribution in [-0.4, -0.2) is 39.8 Å². The van der Waals surface area contributed by atoms with Gasteiger partial charge in [-0.2, -0.15) is 0 Å². The highest BCUT2D eigenvalue weighted by Gasteiger charge is 2.35. The number of ether oxygens (including phenoxy) is 1. The van der Waals surface area contributed by atoms with Crippen LogP contribution in [0.2, 0.25) is 0 Å². The number of aryl methyl sites for hydroxylation is 2. The monoisotopic (exact) mass is 473 g/mol. The van der Waals surface area contributed by atoms with Crippen LogP contribution >= 0.6 is 0 Å². The van der Waals surface area contributed by atoms with Crippen LogP contribution in [0.5, 0.6) is 5.75 Å². The van der Waals surface area contributed by atoms with Crippen molar-refractivity contribution in [1.29, 1.82) is 0 Å². The van der Waals surface area contributed by atoms with Gasteiger partial charge in [0.15, 0.2) is 0 Å². The molecule has 0 radical (unpaired) electrons. The number of imidazole rings is 1. The van der Waals surface area contributed by atoms with Gasteiger partial charge < -0.3 is 19.3 Å². The lowest BCUT2D eigenvalue weighted by Gasteiger charge is -2.19. The molecule has 7 heteroatoms. The predicted octanol–water partition coefficient (Wildman–Crippen LogP) is 4.75. The molecule has 1 aliphatic rings. The van der Waals surface area contributed by atoms with Crippen molar-refractivity contribution in [3.63, 3.8) is 0 Å². The standard InChI is InChI=1S/C28H28FN3O3/c1-18-10-11-26(19(2)12-18)35-17-23(33)16-32-25-9-4-3-8-24(25)30-28(32)20-13-27(34)31(15-20)22-7-5-6-21(29)14-22/h3-12,14,20,23,33H,13,15-17H2,1-2H3/t20-,23-/m1/s1. The van der Waals surface area contributed by atoms with E-state index in [-0.39, 0.29) is 37.2 Å². The van der Waals surface area contributed by atoms with Gasteiger partial charge in [-0.25, -0.2) is 9.37 Å². The number of para-hydroxylation sites is 2. The number of carbonyl (C=O) groups excluding carboxylic acids is 1. The number of hydrogen-bond acceptors (Lipinski definition) is 4. The first-order valence-corrected chi connectivity index (χ1v) is 11.8. The summed E-state index contributed by atoms with van der Waals surface area (Å²) in [6.07, 6.45) is -0.502. The summed E-state index contributed by atoms with van der Waals surface area (Å²) in [5, 5.41) is 10.9. The van der Waals surface area contributed by atoms with E-state index < -0.39 is 6.10 Å². The summed E-state index contributed by atoms with van der Waals surface area (Å²) in [7, 11) is 0. The Morgan fingerprint density at radius 2 is 1.94 bits per heavy atom. The SMILES string of the molecule is Cc1ccc(OC[C@H](O)Cn2c([C@@H]3CC(=O)N(c4cccc(F)c4)C3)nc3ccccc32)c(C)c1. The molecule has 0 bridgehead atoms. The highest BCUT2D eigenvalue weighted by molar-refractivity contribution is 5.96. The van der Waals surface area contributed by atoms with Gasteiger partial charge >= 0.3 is 0 Å². The maximum absolute atomic E-state index is 13.8. The van der Waals surface area contributed by atoms with Crippen molar-refractivity contribution in [2.45, 2.75) is 38.8 Å². The van der Waals surface area contributed by atoms with Gasteiger partial charge in [0, 0.05) is 24.6 Å². The summed E-state index contributed by atoms with van der Waals surface area (Å²) in [6.45, 7) is 4.83. The Morgan fingerprint density at radius 3 is 2.74 bits per heavy atom. The second kappa shape index (κ2) is 9.50. The van der Waals surface area contributed by atoms with Crippen LogP contribution in [0.4, 0.5) is 10.1 Å². The second-order valence-corrected chi connectivity index (χ2v) is 9.19. The first kappa shape index (κ1) is 23.1. The van der Waals surface area contributed by atoms with Crippen molar-refractivity contribution in [3.8, 4) is 5.75 Å². The highest BCUT2D eigenvalue weighted by atomic mass is 19.1. The number of benzene rings is 3. The highest BCUT2D eigenvalue weighted by Crippen LogP contribution is 2.33. The van der Waals surface area contributed by atoms with E-state index in [1.54, 1.807) is 17.0 Å². The van der Waals surface area contributed by atoms with E-state index in [1.165, 1.54) is 12.1 Å². The zero-order valence-corrected chi connectivity index (χ0v) is 19.8. The molecule has 2 heterocycles. The fraction of sp³-hybridized carbons (Fsp3) is 0.286. The number of anilines is 1. The molecule has 1 amide bonds. The van der Waals surface area contributed by atoms with Crippen molar-refractivity contribution in [1.82, 2.24) is 9.55 Å². The van der Waals surface area contributed by atoms with Crippen LogP contribution in [0.1, 0.15) is 29.3 Å². The van der Waals surface area contributed by atoms with E-state index in [0.29, 0.717) is 12.2 Å².